The van der Waals surface area contributed by atoms with Gasteiger partial charge in [-0.2, -0.15) is 5.26 Å². The van der Waals surface area contributed by atoms with Crippen molar-refractivity contribution in [2.45, 2.75) is 27.2 Å². The first-order valence-corrected chi connectivity index (χ1v) is 3.83. The molecule has 3 heteroatoms. The quantitative estimate of drug-likeness (QED) is 0.626. The standard InChI is InChI=1S/C9H11N3/c1-6-7(2)12-9(4-5-10)8(3)11-6/h4H2,1-3H3. The molecule has 0 saturated heterocycles. The number of nitrogens with zero attached hydrogens (tertiary/aromatic N) is 3. The van der Waals surface area contributed by atoms with Crippen molar-refractivity contribution >= 4 is 0 Å². The monoisotopic (exact) mass is 161 g/mol. The van der Waals surface area contributed by atoms with Crippen LogP contribution < -0.4 is 0 Å². The number of hydrogen-bond donors (Lipinski definition) is 0. The zero-order chi connectivity index (χ0) is 9.14. The van der Waals surface area contributed by atoms with Crippen LogP contribution in [0, 0.1) is 32.1 Å². The summed E-state index contributed by atoms with van der Waals surface area (Å²) in [7, 11) is 0. The summed E-state index contributed by atoms with van der Waals surface area (Å²) >= 11 is 0. The molecule has 0 radical (unpaired) electrons. The van der Waals surface area contributed by atoms with Gasteiger partial charge >= 0.3 is 0 Å². The molecule has 0 saturated carbocycles. The number of nitriles is 1. The normalized spacial score (nSPS) is 9.50. The molecule has 0 amide bonds. The Morgan fingerprint density at radius 2 is 1.67 bits per heavy atom. The van der Waals surface area contributed by atoms with Crippen LogP contribution in [0.2, 0.25) is 0 Å². The molecule has 0 atom stereocenters. The molecule has 0 aliphatic heterocycles. The fourth-order valence-corrected chi connectivity index (χ4v) is 1.00. The van der Waals surface area contributed by atoms with Crippen LogP contribution in [0.25, 0.3) is 0 Å². The lowest BCUT2D eigenvalue weighted by molar-refractivity contribution is 0.933. The molecule has 1 aromatic rings. The van der Waals surface area contributed by atoms with E-state index in [2.05, 4.69) is 16.0 Å². The van der Waals surface area contributed by atoms with E-state index < -0.39 is 0 Å². The molecule has 0 bridgehead atoms. The van der Waals surface area contributed by atoms with Gasteiger partial charge in [-0.1, -0.05) is 0 Å². The third-order valence-corrected chi connectivity index (χ3v) is 1.83. The Labute approximate surface area is 72.1 Å². The van der Waals surface area contributed by atoms with Crippen molar-refractivity contribution in [3.8, 4) is 6.07 Å². The summed E-state index contributed by atoms with van der Waals surface area (Å²) in [5, 5.41) is 8.49. The zero-order valence-corrected chi connectivity index (χ0v) is 7.55. The van der Waals surface area contributed by atoms with Crippen molar-refractivity contribution in [1.29, 1.82) is 5.26 Å². The Kier molecular flexibility index (Phi) is 2.39. The lowest BCUT2D eigenvalue weighted by atomic mass is 10.2. The molecule has 0 aliphatic carbocycles. The van der Waals surface area contributed by atoms with E-state index in [9.17, 15) is 0 Å². The van der Waals surface area contributed by atoms with Crippen LogP contribution in [-0.2, 0) is 6.42 Å². The van der Waals surface area contributed by atoms with Gasteiger partial charge in [0.2, 0.25) is 0 Å². The molecule has 0 unspecified atom stereocenters. The second kappa shape index (κ2) is 3.31. The summed E-state index contributed by atoms with van der Waals surface area (Å²) in [6, 6.07) is 2.07. The second-order valence-corrected chi connectivity index (χ2v) is 2.76. The molecule has 1 rings (SSSR count). The average Bonchev–Trinajstić information content (AvgIpc) is 2.01. The SMILES string of the molecule is Cc1nc(C)c(CC#N)nc1C. The molecular formula is C9H11N3. The maximum absolute atomic E-state index is 8.49. The molecule has 0 N–H and O–H groups in total. The highest BCUT2D eigenvalue weighted by atomic mass is 14.8. The van der Waals surface area contributed by atoms with Crippen LogP contribution in [0.5, 0.6) is 0 Å². The Hall–Kier alpha value is -1.43. The molecule has 1 heterocycles. The highest BCUT2D eigenvalue weighted by Gasteiger charge is 2.03. The van der Waals surface area contributed by atoms with Gasteiger partial charge in [0.05, 0.1) is 35.3 Å². The second-order valence-electron chi connectivity index (χ2n) is 2.76. The van der Waals surface area contributed by atoms with Crippen molar-refractivity contribution in [2.75, 3.05) is 0 Å². The summed E-state index contributed by atoms with van der Waals surface area (Å²) in [5.74, 6) is 0. The largest absolute Gasteiger partial charge is 0.255 e. The van der Waals surface area contributed by atoms with Crippen LogP contribution in [0.15, 0.2) is 0 Å². The van der Waals surface area contributed by atoms with Gasteiger partial charge in [-0.15, -0.1) is 0 Å². The molecule has 0 fully saturated rings. The topological polar surface area (TPSA) is 49.6 Å². The van der Waals surface area contributed by atoms with E-state index in [0.29, 0.717) is 6.42 Å². The Bertz CT molecular complexity index is 336. The summed E-state index contributed by atoms with van der Waals surface area (Å²) in [6.45, 7) is 5.71. The molecule has 12 heavy (non-hydrogen) atoms. The fraction of sp³-hybridized carbons (Fsp3) is 0.444. The van der Waals surface area contributed by atoms with E-state index >= 15 is 0 Å². The molecule has 0 aliphatic rings. The van der Waals surface area contributed by atoms with Gasteiger partial charge in [0.15, 0.2) is 0 Å². The number of rotatable bonds is 1. The van der Waals surface area contributed by atoms with Crippen LogP contribution in [0.3, 0.4) is 0 Å². The van der Waals surface area contributed by atoms with E-state index in [-0.39, 0.29) is 0 Å². The molecule has 1 aromatic heterocycles. The molecular weight excluding hydrogens is 150 g/mol. The number of hydrogen-bond acceptors (Lipinski definition) is 3. The van der Waals surface area contributed by atoms with Crippen LogP contribution >= 0.6 is 0 Å². The Morgan fingerprint density at radius 1 is 1.08 bits per heavy atom. The Morgan fingerprint density at radius 3 is 2.25 bits per heavy atom. The van der Waals surface area contributed by atoms with Gasteiger partial charge in [0.25, 0.3) is 0 Å². The first-order valence-electron chi connectivity index (χ1n) is 3.83. The third kappa shape index (κ3) is 1.59. The summed E-state index contributed by atoms with van der Waals surface area (Å²) in [6.07, 6.45) is 0.347. The lowest BCUT2D eigenvalue weighted by Gasteiger charge is -2.03. The maximum atomic E-state index is 8.49. The summed E-state index contributed by atoms with van der Waals surface area (Å²) < 4.78 is 0. The third-order valence-electron chi connectivity index (χ3n) is 1.83. The molecule has 3 nitrogen and oxygen atoms in total. The van der Waals surface area contributed by atoms with Gasteiger partial charge in [-0.05, 0) is 20.8 Å². The van der Waals surface area contributed by atoms with Crippen molar-refractivity contribution in [3.63, 3.8) is 0 Å². The van der Waals surface area contributed by atoms with Crippen molar-refractivity contribution in [3.05, 3.63) is 22.8 Å². The van der Waals surface area contributed by atoms with Crippen LogP contribution in [0.4, 0.5) is 0 Å². The van der Waals surface area contributed by atoms with Crippen molar-refractivity contribution < 1.29 is 0 Å². The average molecular weight is 161 g/mol. The van der Waals surface area contributed by atoms with Gasteiger partial charge in [-0.25, -0.2) is 0 Å². The number of aryl methyl sites for hydroxylation is 3. The molecule has 62 valence electrons. The number of aromatic nitrogens is 2. The predicted octanol–water partition coefficient (Wildman–Crippen LogP) is 1.47. The van der Waals surface area contributed by atoms with Crippen LogP contribution in [-0.4, -0.2) is 9.97 Å². The minimum atomic E-state index is 0.347. The summed E-state index contributed by atoms with van der Waals surface area (Å²) in [4.78, 5) is 8.56. The van der Waals surface area contributed by atoms with E-state index in [4.69, 9.17) is 5.26 Å². The highest BCUT2D eigenvalue weighted by Crippen LogP contribution is 2.06. The Balaban J connectivity index is 3.16. The van der Waals surface area contributed by atoms with Crippen molar-refractivity contribution in [2.24, 2.45) is 0 Å². The summed E-state index contributed by atoms with van der Waals surface area (Å²) in [5.41, 5.74) is 3.50. The maximum Gasteiger partial charge on any atom is 0.0793 e. The zero-order valence-electron chi connectivity index (χ0n) is 7.55. The van der Waals surface area contributed by atoms with Gasteiger partial charge in [0, 0.05) is 0 Å². The van der Waals surface area contributed by atoms with Crippen LogP contribution in [0.1, 0.15) is 22.8 Å². The fourth-order valence-electron chi connectivity index (χ4n) is 1.00. The van der Waals surface area contributed by atoms with Gasteiger partial charge < -0.3 is 0 Å². The minimum absolute atomic E-state index is 0.347. The highest BCUT2D eigenvalue weighted by molar-refractivity contribution is 5.19. The predicted molar refractivity (Wildman–Crippen MR) is 45.6 cm³/mol. The van der Waals surface area contributed by atoms with E-state index in [0.717, 1.165) is 22.8 Å². The van der Waals surface area contributed by atoms with E-state index in [1.54, 1.807) is 0 Å². The molecule has 0 aromatic carbocycles. The van der Waals surface area contributed by atoms with Gasteiger partial charge in [-0.3, -0.25) is 9.97 Å². The first-order chi connectivity index (χ1) is 5.65. The molecule has 0 spiro atoms. The van der Waals surface area contributed by atoms with E-state index in [1.165, 1.54) is 0 Å². The van der Waals surface area contributed by atoms with E-state index in [1.807, 2.05) is 20.8 Å². The minimum Gasteiger partial charge on any atom is -0.255 e. The smallest absolute Gasteiger partial charge is 0.0793 e. The lowest BCUT2D eigenvalue weighted by Crippen LogP contribution is -2.01. The first kappa shape index (κ1) is 8.66. The van der Waals surface area contributed by atoms with Gasteiger partial charge in [0.1, 0.15) is 0 Å². The van der Waals surface area contributed by atoms with Crippen molar-refractivity contribution in [1.82, 2.24) is 9.97 Å².